The monoisotopic (exact) mass is 321 g/mol. The quantitative estimate of drug-likeness (QED) is 0.600. The molecule has 0 atom stereocenters. The first kappa shape index (κ1) is 13.8. The molecule has 4 rings (SSSR count). The fraction of sp³-hybridized carbons (Fsp3) is 0. The third-order valence-corrected chi connectivity index (χ3v) is 4.02. The molecule has 0 radical (unpaired) electrons. The maximum atomic E-state index is 12.5. The maximum absolute atomic E-state index is 12.5. The van der Waals surface area contributed by atoms with Crippen molar-refractivity contribution in [2.24, 2.45) is 0 Å². The van der Waals surface area contributed by atoms with Crippen LogP contribution in [0.2, 0.25) is 5.02 Å². The summed E-state index contributed by atoms with van der Waals surface area (Å²) in [6.07, 6.45) is 3.47. The Bertz CT molecular complexity index is 1020. The highest BCUT2D eigenvalue weighted by Crippen LogP contribution is 2.29. The third kappa shape index (κ3) is 2.33. The van der Waals surface area contributed by atoms with Gasteiger partial charge in [0.15, 0.2) is 0 Å². The summed E-state index contributed by atoms with van der Waals surface area (Å²) in [7, 11) is 0. The van der Waals surface area contributed by atoms with Crippen molar-refractivity contribution >= 4 is 39.3 Å². The molecule has 1 N–H and O–H groups in total. The number of fused-ring (bicyclic) bond motifs is 3. The lowest BCUT2D eigenvalue weighted by Crippen LogP contribution is -2.22. The summed E-state index contributed by atoms with van der Waals surface area (Å²) >= 11 is 6.13. The van der Waals surface area contributed by atoms with E-state index < -0.39 is 0 Å². The van der Waals surface area contributed by atoms with Crippen LogP contribution in [0.15, 0.2) is 67.0 Å². The number of benzene rings is 2. The van der Waals surface area contributed by atoms with Gasteiger partial charge < -0.3 is 0 Å². The van der Waals surface area contributed by atoms with Crippen LogP contribution in [0.5, 0.6) is 0 Å². The number of carbonyl (C=O) groups excluding carboxylic acids is 1. The zero-order valence-electron chi connectivity index (χ0n) is 12.0. The van der Waals surface area contributed by atoms with E-state index in [0.29, 0.717) is 10.6 Å². The molecule has 2 heterocycles. The number of rotatable bonds is 2. The highest BCUT2D eigenvalue weighted by atomic mass is 35.5. The van der Waals surface area contributed by atoms with Gasteiger partial charge in [0.25, 0.3) is 5.91 Å². The minimum Gasteiger partial charge on any atom is -0.267 e. The molecule has 0 unspecified atom stereocenters. The predicted octanol–water partition coefficient (Wildman–Crippen LogP) is 4.23. The van der Waals surface area contributed by atoms with Crippen LogP contribution in [0, 0.1) is 0 Å². The van der Waals surface area contributed by atoms with Crippen LogP contribution in [-0.2, 0) is 0 Å². The van der Waals surface area contributed by atoms with Gasteiger partial charge in [-0.05, 0) is 30.3 Å². The molecule has 5 heteroatoms. The Morgan fingerprint density at radius 2 is 1.78 bits per heavy atom. The summed E-state index contributed by atoms with van der Waals surface area (Å²) in [5.41, 5.74) is 5.19. The second kappa shape index (κ2) is 5.41. The molecule has 112 valence electrons. The Hall–Kier alpha value is -2.85. The van der Waals surface area contributed by atoms with E-state index in [2.05, 4.69) is 10.4 Å². The smallest absolute Gasteiger partial charge is 0.267 e. The van der Waals surface area contributed by atoms with E-state index >= 15 is 0 Å². The molecule has 2 aromatic carbocycles. The van der Waals surface area contributed by atoms with Crippen molar-refractivity contribution in [3.05, 3.63) is 77.6 Å². The summed E-state index contributed by atoms with van der Waals surface area (Å²) in [6.45, 7) is 0. The van der Waals surface area contributed by atoms with Crippen LogP contribution in [-0.4, -0.2) is 15.6 Å². The zero-order chi connectivity index (χ0) is 15.8. The summed E-state index contributed by atoms with van der Waals surface area (Å²) in [5, 5.41) is 2.64. The molecule has 4 aromatic rings. The van der Waals surface area contributed by atoms with E-state index in [4.69, 9.17) is 11.6 Å². The van der Waals surface area contributed by atoms with Crippen molar-refractivity contribution in [3.8, 4) is 0 Å². The highest BCUT2D eigenvalue weighted by Gasteiger charge is 2.14. The molecule has 23 heavy (non-hydrogen) atoms. The van der Waals surface area contributed by atoms with Gasteiger partial charge in [-0.3, -0.25) is 19.9 Å². The number of halogens is 1. The highest BCUT2D eigenvalue weighted by molar-refractivity contribution is 6.31. The van der Waals surface area contributed by atoms with Gasteiger partial charge in [0, 0.05) is 27.6 Å². The topological polar surface area (TPSA) is 46.9 Å². The van der Waals surface area contributed by atoms with E-state index in [9.17, 15) is 4.79 Å². The first-order chi connectivity index (χ1) is 11.2. The molecule has 0 saturated heterocycles. The van der Waals surface area contributed by atoms with Gasteiger partial charge in [-0.15, -0.1) is 0 Å². The van der Waals surface area contributed by atoms with Gasteiger partial charge in [-0.25, -0.2) is 0 Å². The number of pyridine rings is 1. The van der Waals surface area contributed by atoms with Crippen LogP contribution in [0.1, 0.15) is 10.4 Å². The molecule has 0 aliphatic rings. The lowest BCUT2D eigenvalue weighted by atomic mass is 10.2. The van der Waals surface area contributed by atoms with Gasteiger partial charge in [0.05, 0.1) is 17.2 Å². The summed E-state index contributed by atoms with van der Waals surface area (Å²) < 4.78 is 1.74. The second-order valence-corrected chi connectivity index (χ2v) is 5.63. The summed E-state index contributed by atoms with van der Waals surface area (Å²) in [4.78, 5) is 16.7. The van der Waals surface area contributed by atoms with Crippen LogP contribution in [0.25, 0.3) is 21.8 Å². The van der Waals surface area contributed by atoms with Crippen molar-refractivity contribution in [3.63, 3.8) is 0 Å². The van der Waals surface area contributed by atoms with Crippen molar-refractivity contribution in [2.45, 2.75) is 0 Å². The number of hydrogen-bond donors (Lipinski definition) is 1. The molecule has 0 spiro atoms. The maximum Gasteiger partial charge on any atom is 0.270 e. The van der Waals surface area contributed by atoms with Gasteiger partial charge in [-0.2, -0.15) is 0 Å². The zero-order valence-corrected chi connectivity index (χ0v) is 12.8. The number of aromatic nitrogens is 2. The van der Waals surface area contributed by atoms with E-state index in [1.54, 1.807) is 29.2 Å². The first-order valence-electron chi connectivity index (χ1n) is 7.14. The second-order valence-electron chi connectivity index (χ2n) is 5.20. The van der Waals surface area contributed by atoms with Crippen LogP contribution >= 0.6 is 11.6 Å². The van der Waals surface area contributed by atoms with Crippen LogP contribution in [0.4, 0.5) is 0 Å². The minimum absolute atomic E-state index is 0.187. The van der Waals surface area contributed by atoms with Crippen molar-refractivity contribution in [1.29, 1.82) is 0 Å². The number of amides is 1. The molecule has 4 nitrogen and oxygen atoms in total. The van der Waals surface area contributed by atoms with Gasteiger partial charge >= 0.3 is 0 Å². The van der Waals surface area contributed by atoms with Gasteiger partial charge in [0.1, 0.15) is 0 Å². The van der Waals surface area contributed by atoms with Crippen molar-refractivity contribution < 1.29 is 4.79 Å². The van der Waals surface area contributed by atoms with E-state index in [0.717, 1.165) is 21.8 Å². The summed E-state index contributed by atoms with van der Waals surface area (Å²) in [6, 6.07) is 16.6. The number of nitrogens with one attached hydrogen (secondary N) is 1. The predicted molar refractivity (Wildman–Crippen MR) is 92.4 cm³/mol. The van der Waals surface area contributed by atoms with E-state index in [1.807, 2.05) is 42.5 Å². The van der Waals surface area contributed by atoms with Crippen LogP contribution in [0.3, 0.4) is 0 Å². The molecule has 0 fully saturated rings. The van der Waals surface area contributed by atoms with E-state index in [-0.39, 0.29) is 5.91 Å². The van der Waals surface area contributed by atoms with Crippen molar-refractivity contribution in [1.82, 2.24) is 9.66 Å². The molecular weight excluding hydrogens is 310 g/mol. The Kier molecular flexibility index (Phi) is 3.24. The Morgan fingerprint density at radius 3 is 2.61 bits per heavy atom. The molecule has 2 aromatic heterocycles. The largest absolute Gasteiger partial charge is 0.270 e. The first-order valence-corrected chi connectivity index (χ1v) is 7.52. The average Bonchev–Trinajstić information content (AvgIpc) is 2.89. The number of carbonyl (C=O) groups is 1. The van der Waals surface area contributed by atoms with Crippen LogP contribution < -0.4 is 5.43 Å². The SMILES string of the molecule is O=C(Nn1c2cnccc2c2ccc(Cl)cc21)c1ccccc1. The molecular formula is C18H12ClN3O. The summed E-state index contributed by atoms with van der Waals surface area (Å²) in [5.74, 6) is -0.187. The Morgan fingerprint density at radius 1 is 1.00 bits per heavy atom. The minimum atomic E-state index is -0.187. The van der Waals surface area contributed by atoms with E-state index in [1.165, 1.54) is 0 Å². The molecule has 0 bridgehead atoms. The van der Waals surface area contributed by atoms with Gasteiger partial charge in [0.2, 0.25) is 0 Å². The molecule has 0 saturated carbocycles. The van der Waals surface area contributed by atoms with Gasteiger partial charge in [-0.1, -0.05) is 35.9 Å². The Labute approximate surface area is 137 Å². The fourth-order valence-electron chi connectivity index (χ4n) is 2.72. The lowest BCUT2D eigenvalue weighted by molar-refractivity contribution is 0.101. The van der Waals surface area contributed by atoms with Crippen molar-refractivity contribution in [2.75, 3.05) is 5.43 Å². The molecule has 0 aliphatic heterocycles. The normalized spacial score (nSPS) is 11.0. The number of hydrogen-bond acceptors (Lipinski definition) is 2. The standard InChI is InChI=1S/C18H12ClN3O/c19-13-6-7-14-15-8-9-20-11-17(15)22(16(14)10-13)21-18(23)12-4-2-1-3-5-12/h1-11H,(H,21,23). The third-order valence-electron chi connectivity index (χ3n) is 3.78. The molecule has 0 aliphatic carbocycles. The Balaban J connectivity index is 1.91. The average molecular weight is 322 g/mol. The molecule has 1 amide bonds. The number of nitrogens with zero attached hydrogens (tertiary/aromatic N) is 2. The lowest BCUT2D eigenvalue weighted by Gasteiger charge is -2.09. The fourth-order valence-corrected chi connectivity index (χ4v) is 2.88.